The SMILES string of the molecule is C#C.C#C.C#C.C#C.C=CC.CC1(C)C(c2ccc(C(=O)O)cc2)=CC[C@@]2(C)C1CC[C@]1(C)C2CC[C@@H]2C3CCC[C@]3(NC(=O)CCN3CCS(=O)(=O)CC3)CC[C@]21C. The minimum Gasteiger partial charge on any atom is -0.478 e. The molecular formula is C51H72N2O5S. The zero-order valence-electron chi connectivity index (χ0n) is 36.8. The minimum atomic E-state index is -2.92. The second-order valence-corrected chi connectivity index (χ2v) is 20.8. The minimum absolute atomic E-state index is 0.00324. The smallest absolute Gasteiger partial charge is 0.335 e. The van der Waals surface area contributed by atoms with Gasteiger partial charge in [0.1, 0.15) is 0 Å². The highest BCUT2D eigenvalue weighted by Gasteiger charge is 2.69. The number of aromatic carboxylic acids is 1. The van der Waals surface area contributed by atoms with Crippen molar-refractivity contribution in [1.82, 2.24) is 10.2 Å². The lowest BCUT2D eigenvalue weighted by Crippen LogP contribution is -2.67. The van der Waals surface area contributed by atoms with E-state index in [1.807, 2.05) is 19.1 Å². The predicted molar refractivity (Wildman–Crippen MR) is 246 cm³/mol. The number of benzene rings is 1. The molecule has 1 aromatic rings. The molecule has 322 valence electrons. The van der Waals surface area contributed by atoms with Gasteiger partial charge >= 0.3 is 5.97 Å². The van der Waals surface area contributed by atoms with E-state index in [4.69, 9.17) is 0 Å². The molecule has 0 spiro atoms. The van der Waals surface area contributed by atoms with Crippen LogP contribution >= 0.6 is 0 Å². The first-order valence-electron chi connectivity index (χ1n) is 21.1. The highest BCUT2D eigenvalue weighted by Crippen LogP contribution is 2.76. The van der Waals surface area contributed by atoms with Gasteiger partial charge in [0.25, 0.3) is 0 Å². The zero-order valence-corrected chi connectivity index (χ0v) is 37.7. The summed E-state index contributed by atoms with van der Waals surface area (Å²) in [6.45, 7) is 19.7. The van der Waals surface area contributed by atoms with Gasteiger partial charge in [-0.2, -0.15) is 0 Å². The van der Waals surface area contributed by atoms with Gasteiger partial charge in [-0.15, -0.1) is 58.0 Å². The van der Waals surface area contributed by atoms with Gasteiger partial charge in [0.15, 0.2) is 9.84 Å². The third-order valence-corrected chi connectivity index (χ3v) is 17.5. The van der Waals surface area contributed by atoms with E-state index < -0.39 is 15.8 Å². The van der Waals surface area contributed by atoms with E-state index >= 15 is 0 Å². The van der Waals surface area contributed by atoms with Crippen molar-refractivity contribution in [3.63, 3.8) is 0 Å². The molecule has 1 heterocycles. The molecule has 4 saturated carbocycles. The van der Waals surface area contributed by atoms with Crippen molar-refractivity contribution in [2.45, 2.75) is 118 Å². The van der Waals surface area contributed by atoms with Crippen molar-refractivity contribution in [2.24, 2.45) is 45.3 Å². The molecule has 1 saturated heterocycles. The van der Waals surface area contributed by atoms with E-state index in [9.17, 15) is 23.1 Å². The average molecular weight is 825 g/mol. The second kappa shape index (κ2) is 20.9. The summed E-state index contributed by atoms with van der Waals surface area (Å²) in [5.74, 6) is 2.05. The van der Waals surface area contributed by atoms with Crippen LogP contribution in [0.5, 0.6) is 0 Å². The van der Waals surface area contributed by atoms with E-state index in [1.165, 1.54) is 50.5 Å². The Hall–Kier alpha value is -4.21. The topological polar surface area (TPSA) is 104 Å². The van der Waals surface area contributed by atoms with E-state index in [-0.39, 0.29) is 44.6 Å². The van der Waals surface area contributed by atoms with Crippen LogP contribution in [0.1, 0.15) is 128 Å². The van der Waals surface area contributed by atoms with Crippen LogP contribution in [0.3, 0.4) is 0 Å². The normalized spacial score (nSPS) is 34.2. The molecule has 8 heteroatoms. The van der Waals surface area contributed by atoms with E-state index in [1.54, 1.807) is 18.2 Å². The number of allylic oxidation sites excluding steroid dienone is 3. The Morgan fingerprint density at radius 2 is 1.39 bits per heavy atom. The van der Waals surface area contributed by atoms with Crippen molar-refractivity contribution in [3.8, 4) is 51.4 Å². The quantitative estimate of drug-likeness (QED) is 0.219. The molecule has 2 N–H and O–H groups in total. The molecule has 0 aromatic heterocycles. The molecular weight excluding hydrogens is 753 g/mol. The Kier molecular flexibility index (Phi) is 18.0. The second-order valence-electron chi connectivity index (χ2n) is 18.4. The third-order valence-electron chi connectivity index (χ3n) is 15.9. The van der Waals surface area contributed by atoms with Crippen LogP contribution in [0.4, 0.5) is 0 Å². The number of carbonyl (C=O) groups excluding carboxylic acids is 1. The number of hydrogen-bond acceptors (Lipinski definition) is 5. The molecule has 59 heavy (non-hydrogen) atoms. The molecule has 0 radical (unpaired) electrons. The van der Waals surface area contributed by atoms with Crippen molar-refractivity contribution in [1.29, 1.82) is 0 Å². The van der Waals surface area contributed by atoms with Gasteiger partial charge in [-0.1, -0.05) is 65.3 Å². The summed E-state index contributed by atoms with van der Waals surface area (Å²) in [5.41, 5.74) is 3.49. The maximum atomic E-state index is 13.5. The van der Waals surface area contributed by atoms with Crippen molar-refractivity contribution < 1.29 is 23.1 Å². The molecule has 1 aromatic carbocycles. The van der Waals surface area contributed by atoms with Crippen LogP contribution in [0, 0.1) is 96.7 Å². The standard InChI is InChI=1S/C40H58N2O5S.C3H6.4C2H2/c1-36(2)29(27-8-10-28(11-9-27)35(44)45)14-18-37(3)32(36)15-19-39(5)33(37)13-12-30-31-7-6-17-40(31,21-20-38(30,39)4)41-34(43)16-22-42-23-25-48(46,47)26-24-42;1-3-2;4*1-2/h8-11,14,30-33H,6-7,12-13,15-26H2,1-5H3,(H,41,43)(H,44,45);3H,1H2,2H3;4*1-2H/t30-,31?,32?,33?,37+,38-,39-,40+;;;;;/m1...../s1. The predicted octanol–water partition coefficient (Wildman–Crippen LogP) is 9.41. The van der Waals surface area contributed by atoms with E-state index in [2.05, 4.69) is 109 Å². The Balaban J connectivity index is 0.00000100. The Morgan fingerprint density at radius 1 is 0.814 bits per heavy atom. The number of sulfone groups is 1. The van der Waals surface area contributed by atoms with E-state index in [0.29, 0.717) is 55.3 Å². The molecule has 1 aliphatic heterocycles. The molecule has 8 atom stereocenters. The van der Waals surface area contributed by atoms with Gasteiger partial charge in [-0.3, -0.25) is 4.79 Å². The van der Waals surface area contributed by atoms with Crippen LogP contribution < -0.4 is 5.32 Å². The lowest BCUT2D eigenvalue weighted by atomic mass is 9.33. The molecule has 7 nitrogen and oxygen atoms in total. The third kappa shape index (κ3) is 9.73. The van der Waals surface area contributed by atoms with E-state index in [0.717, 1.165) is 24.8 Å². The van der Waals surface area contributed by atoms with Crippen molar-refractivity contribution in [3.05, 3.63) is 54.1 Å². The first-order chi connectivity index (χ1) is 28.0. The average Bonchev–Trinajstić information content (AvgIpc) is 3.64. The fourth-order valence-electron chi connectivity index (χ4n) is 13.2. The highest BCUT2D eigenvalue weighted by atomic mass is 32.2. The van der Waals surface area contributed by atoms with Crippen LogP contribution in [0.25, 0.3) is 5.57 Å². The summed E-state index contributed by atoms with van der Waals surface area (Å²) in [5, 5.41) is 13.1. The summed E-state index contributed by atoms with van der Waals surface area (Å²) in [6.07, 6.45) is 48.5. The number of nitrogens with one attached hydrogen (secondary N) is 1. The van der Waals surface area contributed by atoms with Crippen LogP contribution in [0.15, 0.2) is 43.0 Å². The van der Waals surface area contributed by atoms with Crippen molar-refractivity contribution >= 4 is 27.3 Å². The largest absolute Gasteiger partial charge is 0.478 e. The molecule has 0 bridgehead atoms. The number of carboxylic acids is 1. The number of terminal acetylenes is 4. The summed E-state index contributed by atoms with van der Waals surface area (Å²) >= 11 is 0. The first-order valence-corrected chi connectivity index (χ1v) is 23.0. The molecule has 7 rings (SSSR count). The van der Waals surface area contributed by atoms with Gasteiger partial charge in [0.05, 0.1) is 17.1 Å². The highest BCUT2D eigenvalue weighted by molar-refractivity contribution is 7.91. The van der Waals surface area contributed by atoms with Crippen LogP contribution in [0.2, 0.25) is 0 Å². The Morgan fingerprint density at radius 3 is 1.95 bits per heavy atom. The van der Waals surface area contributed by atoms with Crippen molar-refractivity contribution in [2.75, 3.05) is 31.1 Å². The lowest BCUT2D eigenvalue weighted by molar-refractivity contribution is -0.217. The maximum absolute atomic E-state index is 13.5. The molecule has 1 amide bonds. The fourth-order valence-corrected chi connectivity index (χ4v) is 14.5. The zero-order chi connectivity index (χ0) is 45.0. The first kappa shape index (κ1) is 50.9. The van der Waals surface area contributed by atoms with Gasteiger partial charge < -0.3 is 15.3 Å². The van der Waals surface area contributed by atoms with Gasteiger partial charge in [0.2, 0.25) is 5.91 Å². The van der Waals surface area contributed by atoms with Gasteiger partial charge in [0, 0.05) is 31.6 Å². The number of nitrogens with zero attached hydrogens (tertiary/aromatic N) is 1. The number of amides is 1. The number of carbonyl (C=O) groups is 2. The summed E-state index contributed by atoms with van der Waals surface area (Å²) in [6, 6.07) is 7.52. The maximum Gasteiger partial charge on any atom is 0.335 e. The molecule has 5 fully saturated rings. The van der Waals surface area contributed by atoms with Crippen LogP contribution in [-0.2, 0) is 14.6 Å². The lowest BCUT2D eigenvalue weighted by Gasteiger charge is -2.72. The monoisotopic (exact) mass is 825 g/mol. The Labute approximate surface area is 359 Å². The van der Waals surface area contributed by atoms with Gasteiger partial charge in [-0.05, 0) is 133 Å². The molecule has 3 unspecified atom stereocenters. The van der Waals surface area contributed by atoms with Gasteiger partial charge in [-0.25, -0.2) is 13.2 Å². The number of carboxylic acid groups (broad SMARTS) is 1. The summed E-state index contributed by atoms with van der Waals surface area (Å²) < 4.78 is 23.7. The number of hydrogen-bond donors (Lipinski definition) is 2. The fraction of sp³-hybridized carbons (Fsp3) is 0.608. The number of rotatable bonds is 6. The molecule has 6 aliphatic rings. The molecule has 5 aliphatic carbocycles. The Bertz CT molecular complexity index is 1800. The summed E-state index contributed by atoms with van der Waals surface area (Å²) in [7, 11) is -2.92. The summed E-state index contributed by atoms with van der Waals surface area (Å²) in [4.78, 5) is 27.1. The van der Waals surface area contributed by atoms with Crippen LogP contribution in [-0.4, -0.2) is 67.0 Å². The number of fused-ring (bicyclic) bond motifs is 7.